The minimum atomic E-state index is 0. The zero-order chi connectivity index (χ0) is 3.41. The van der Waals surface area contributed by atoms with Gasteiger partial charge in [0.1, 0.15) is 0 Å². The number of nitrogens with two attached hydrogens (primary N) is 1. The Balaban J connectivity index is 0. The molecule has 0 aromatic carbocycles. The van der Waals surface area contributed by atoms with Crippen molar-refractivity contribution in [3.8, 4) is 0 Å². The minimum Gasteiger partial charge on any atom is -0.541 e. The summed E-state index contributed by atoms with van der Waals surface area (Å²) in [5, 5.41) is 0. The summed E-state index contributed by atoms with van der Waals surface area (Å²) >= 11 is 0. The van der Waals surface area contributed by atoms with Crippen LogP contribution in [0.15, 0.2) is 0 Å². The summed E-state index contributed by atoms with van der Waals surface area (Å²) in [6, 6.07) is 0. The van der Waals surface area contributed by atoms with Gasteiger partial charge in [0.2, 0.25) is 0 Å². The van der Waals surface area contributed by atoms with Gasteiger partial charge in [-0.25, -0.2) is 0 Å². The fourth-order valence-electron chi connectivity index (χ4n) is 0. The van der Waals surface area contributed by atoms with Crippen LogP contribution in [0.25, 0.3) is 0 Å². The molecule has 0 fully saturated rings. The molecule has 0 saturated heterocycles. The predicted molar refractivity (Wildman–Crippen MR) is 14.7 cm³/mol. The van der Waals surface area contributed by atoms with E-state index in [0.717, 1.165) is 0 Å². The summed E-state index contributed by atoms with van der Waals surface area (Å²) in [7, 11) is 0. The van der Waals surface area contributed by atoms with Crippen LogP contribution in [0.1, 0.15) is 0 Å². The van der Waals surface area contributed by atoms with Gasteiger partial charge in [-0.3, -0.25) is 6.29 Å². The fraction of sp³-hybridized carbons (Fsp3) is 0.500. The third kappa shape index (κ3) is 13.7. The molecule has 0 aliphatic heterocycles. The normalized spacial score (nSPS) is 5.00. The van der Waals surface area contributed by atoms with Crippen molar-refractivity contribution in [2.75, 3.05) is 6.54 Å². The Hall–Kier alpha value is 0.253. The van der Waals surface area contributed by atoms with Gasteiger partial charge in [-0.1, -0.05) is 0 Å². The SMILES string of the molecule is NC[C-]=O.[Zn]. The van der Waals surface area contributed by atoms with Gasteiger partial charge in [-0.05, 0) is 0 Å². The molecule has 0 radical (unpaired) electrons. The van der Waals surface area contributed by atoms with Crippen molar-refractivity contribution in [1.29, 1.82) is 0 Å². The third-order valence-electron chi connectivity index (χ3n) is 0.0833. The molecule has 0 aliphatic rings. The molecule has 0 bridgehead atoms. The van der Waals surface area contributed by atoms with Crippen molar-refractivity contribution in [1.82, 2.24) is 0 Å². The maximum atomic E-state index is 8.92. The zero-order valence-electron chi connectivity index (χ0n) is 2.90. The van der Waals surface area contributed by atoms with Crippen molar-refractivity contribution < 1.29 is 24.3 Å². The second-order valence-corrected chi connectivity index (χ2v) is 0.348. The van der Waals surface area contributed by atoms with Gasteiger partial charge in [-0.2, -0.15) is 0 Å². The zero-order valence-corrected chi connectivity index (χ0v) is 5.87. The van der Waals surface area contributed by atoms with Crippen LogP contribution in [0.3, 0.4) is 0 Å². The smallest absolute Gasteiger partial charge is 0 e. The molecule has 2 nitrogen and oxygen atoms in total. The van der Waals surface area contributed by atoms with E-state index in [1.54, 1.807) is 0 Å². The van der Waals surface area contributed by atoms with Gasteiger partial charge >= 0.3 is 0 Å². The van der Waals surface area contributed by atoms with Gasteiger partial charge in [0.15, 0.2) is 0 Å². The molecular weight excluding hydrogens is 119 g/mol. The van der Waals surface area contributed by atoms with E-state index in [2.05, 4.69) is 5.73 Å². The van der Waals surface area contributed by atoms with Crippen molar-refractivity contribution >= 4 is 6.29 Å². The summed E-state index contributed by atoms with van der Waals surface area (Å²) in [6.45, 7) is 0.0139. The van der Waals surface area contributed by atoms with Crippen LogP contribution in [0.4, 0.5) is 0 Å². The number of rotatable bonds is 1. The molecule has 0 unspecified atom stereocenters. The first-order valence-electron chi connectivity index (χ1n) is 0.966. The van der Waals surface area contributed by atoms with Crippen molar-refractivity contribution in [3.05, 3.63) is 0 Å². The topological polar surface area (TPSA) is 43.1 Å². The van der Waals surface area contributed by atoms with Gasteiger partial charge < -0.3 is 10.5 Å². The predicted octanol–water partition coefficient (Wildman–Crippen LogP) is -0.948. The average molecular weight is 123 g/mol. The first-order valence-corrected chi connectivity index (χ1v) is 0.966. The molecule has 0 amide bonds. The summed E-state index contributed by atoms with van der Waals surface area (Å²) < 4.78 is 0. The van der Waals surface area contributed by atoms with Crippen LogP contribution in [-0.2, 0) is 24.3 Å². The Bertz CT molecular complexity index is 23.6. The van der Waals surface area contributed by atoms with E-state index in [0.29, 0.717) is 0 Å². The third-order valence-corrected chi connectivity index (χ3v) is 0.0833. The first kappa shape index (κ1) is 8.98. The second-order valence-electron chi connectivity index (χ2n) is 0.348. The first-order chi connectivity index (χ1) is 1.91. The molecule has 0 heterocycles. The summed E-state index contributed by atoms with van der Waals surface area (Å²) in [5.74, 6) is 0. The van der Waals surface area contributed by atoms with Crippen LogP contribution in [-0.4, -0.2) is 12.8 Å². The van der Waals surface area contributed by atoms with E-state index in [-0.39, 0.29) is 26.0 Å². The second kappa shape index (κ2) is 8.87. The Kier molecular flexibility index (Phi) is 15.9. The standard InChI is InChI=1S/C2H4NO.Zn/c3-1-2-4;/h1,3H2;/q-1;. The van der Waals surface area contributed by atoms with Crippen molar-refractivity contribution in [3.63, 3.8) is 0 Å². The van der Waals surface area contributed by atoms with Crippen LogP contribution in [0, 0.1) is 0 Å². The Labute approximate surface area is 43.5 Å². The van der Waals surface area contributed by atoms with E-state index in [9.17, 15) is 0 Å². The van der Waals surface area contributed by atoms with E-state index in [1.807, 2.05) is 0 Å². The average Bonchev–Trinajstić information content (AvgIpc) is 1.37. The van der Waals surface area contributed by atoms with Crippen molar-refractivity contribution in [2.24, 2.45) is 5.73 Å². The molecule has 0 aliphatic carbocycles. The van der Waals surface area contributed by atoms with E-state index < -0.39 is 0 Å². The van der Waals surface area contributed by atoms with Gasteiger partial charge in [0.05, 0.1) is 0 Å². The number of hydrogen-bond acceptors (Lipinski definition) is 2. The molecule has 2 N–H and O–H groups in total. The largest absolute Gasteiger partial charge is 0.541 e. The molecule has 0 rings (SSSR count). The van der Waals surface area contributed by atoms with Crippen LogP contribution >= 0.6 is 0 Å². The molecular formula is C2H4NOZn-. The Morgan fingerprint density at radius 1 is 1.80 bits per heavy atom. The Morgan fingerprint density at radius 3 is 2.00 bits per heavy atom. The number of carbonyl (C=O) groups excluding carboxylic acids is 1. The molecule has 0 spiro atoms. The molecule has 5 heavy (non-hydrogen) atoms. The van der Waals surface area contributed by atoms with Crippen molar-refractivity contribution in [2.45, 2.75) is 0 Å². The minimum absolute atomic E-state index is 0. The van der Waals surface area contributed by atoms with Gasteiger partial charge in [0, 0.05) is 19.5 Å². The summed E-state index contributed by atoms with van der Waals surface area (Å²) in [4.78, 5) is 8.92. The molecule has 26 valence electrons. The van der Waals surface area contributed by atoms with Crippen LogP contribution in [0.5, 0.6) is 0 Å². The Morgan fingerprint density at radius 2 is 2.00 bits per heavy atom. The maximum absolute atomic E-state index is 8.92. The summed E-state index contributed by atoms with van der Waals surface area (Å²) in [6.07, 6.45) is 1.46. The van der Waals surface area contributed by atoms with Crippen LogP contribution < -0.4 is 5.73 Å². The monoisotopic (exact) mass is 122 g/mol. The molecule has 0 atom stereocenters. The maximum Gasteiger partial charge on any atom is 0 e. The van der Waals surface area contributed by atoms with E-state index >= 15 is 0 Å². The quantitative estimate of drug-likeness (QED) is 0.361. The molecule has 0 aromatic heterocycles. The molecule has 3 heteroatoms. The van der Waals surface area contributed by atoms with E-state index in [4.69, 9.17) is 4.79 Å². The van der Waals surface area contributed by atoms with E-state index in [1.165, 1.54) is 6.29 Å². The number of hydrogen-bond donors (Lipinski definition) is 1. The summed E-state index contributed by atoms with van der Waals surface area (Å²) in [5.41, 5.74) is 4.60. The molecule has 0 aromatic rings. The van der Waals surface area contributed by atoms with Crippen LogP contribution in [0.2, 0.25) is 0 Å². The molecule has 0 saturated carbocycles. The fourth-order valence-corrected chi connectivity index (χ4v) is 0. The van der Waals surface area contributed by atoms with Gasteiger partial charge in [0.25, 0.3) is 0 Å². The van der Waals surface area contributed by atoms with Gasteiger partial charge in [-0.15, -0.1) is 6.54 Å².